The van der Waals surface area contributed by atoms with Crippen molar-refractivity contribution in [3.63, 3.8) is 0 Å². The van der Waals surface area contributed by atoms with E-state index in [1.807, 2.05) is 25.1 Å². The van der Waals surface area contributed by atoms with Gasteiger partial charge >= 0.3 is 0 Å². The first kappa shape index (κ1) is 10.8. The van der Waals surface area contributed by atoms with Crippen LogP contribution in [-0.4, -0.2) is 10.9 Å². The summed E-state index contributed by atoms with van der Waals surface area (Å²) in [5, 5.41) is 12.2. The summed E-state index contributed by atoms with van der Waals surface area (Å²) >= 11 is 0. The highest BCUT2D eigenvalue weighted by Crippen LogP contribution is 2.28. The second kappa shape index (κ2) is 4.27. The first-order valence-electron chi connectivity index (χ1n) is 4.89. The van der Waals surface area contributed by atoms with Crippen LogP contribution in [0.4, 0.5) is 0 Å². The van der Waals surface area contributed by atoms with Crippen LogP contribution in [0.5, 0.6) is 0 Å². The number of benzene rings is 1. The fourth-order valence-corrected chi connectivity index (χ4v) is 1.59. The second-order valence-corrected chi connectivity index (χ2v) is 3.74. The van der Waals surface area contributed by atoms with Crippen LogP contribution in [0.2, 0.25) is 0 Å². The van der Waals surface area contributed by atoms with Crippen molar-refractivity contribution < 1.29 is 5.21 Å². The molecule has 0 aliphatic rings. The standard InChI is InChI=1S/C12H17NO/c1-4-12(3,10(2)13-14)11-8-6-5-7-9-11/h5-9,14H,4H2,1-3H3/b13-10-/t12-/m0/s1. The highest BCUT2D eigenvalue weighted by Gasteiger charge is 2.28. The van der Waals surface area contributed by atoms with Crippen LogP contribution in [0.25, 0.3) is 0 Å². The summed E-state index contributed by atoms with van der Waals surface area (Å²) in [5.41, 5.74) is 1.79. The van der Waals surface area contributed by atoms with Gasteiger partial charge in [-0.3, -0.25) is 0 Å². The smallest absolute Gasteiger partial charge is 0.0642 e. The van der Waals surface area contributed by atoms with Gasteiger partial charge in [-0.25, -0.2) is 0 Å². The van der Waals surface area contributed by atoms with Crippen molar-refractivity contribution in [3.05, 3.63) is 35.9 Å². The highest BCUT2D eigenvalue weighted by molar-refractivity contribution is 5.92. The lowest BCUT2D eigenvalue weighted by Crippen LogP contribution is -2.29. The summed E-state index contributed by atoms with van der Waals surface area (Å²) in [6.45, 7) is 6.05. The van der Waals surface area contributed by atoms with E-state index in [1.54, 1.807) is 0 Å². The van der Waals surface area contributed by atoms with E-state index in [-0.39, 0.29) is 5.41 Å². The molecule has 0 saturated carbocycles. The minimum atomic E-state index is -0.157. The average Bonchev–Trinajstić information content (AvgIpc) is 2.28. The number of hydrogen-bond acceptors (Lipinski definition) is 2. The van der Waals surface area contributed by atoms with Crippen molar-refractivity contribution in [2.45, 2.75) is 32.6 Å². The van der Waals surface area contributed by atoms with Crippen LogP contribution < -0.4 is 0 Å². The van der Waals surface area contributed by atoms with E-state index in [0.29, 0.717) is 0 Å². The highest BCUT2D eigenvalue weighted by atomic mass is 16.4. The van der Waals surface area contributed by atoms with Crippen LogP contribution in [0.1, 0.15) is 32.8 Å². The molecule has 1 N–H and O–H groups in total. The number of hydrogen-bond donors (Lipinski definition) is 1. The molecule has 2 nitrogen and oxygen atoms in total. The molecule has 1 atom stereocenters. The van der Waals surface area contributed by atoms with E-state index in [4.69, 9.17) is 5.21 Å². The Morgan fingerprint density at radius 3 is 2.36 bits per heavy atom. The maximum Gasteiger partial charge on any atom is 0.0642 e. The van der Waals surface area contributed by atoms with Crippen LogP contribution in [-0.2, 0) is 5.41 Å². The summed E-state index contributed by atoms with van der Waals surface area (Å²) in [6, 6.07) is 10.1. The topological polar surface area (TPSA) is 32.6 Å². The van der Waals surface area contributed by atoms with Gasteiger partial charge in [0, 0.05) is 5.41 Å². The molecule has 0 aliphatic carbocycles. The van der Waals surface area contributed by atoms with Gasteiger partial charge in [0.2, 0.25) is 0 Å². The quantitative estimate of drug-likeness (QED) is 0.444. The van der Waals surface area contributed by atoms with Gasteiger partial charge in [-0.15, -0.1) is 0 Å². The molecular weight excluding hydrogens is 174 g/mol. The van der Waals surface area contributed by atoms with Crippen molar-refractivity contribution in [2.75, 3.05) is 0 Å². The van der Waals surface area contributed by atoms with E-state index in [2.05, 4.69) is 31.1 Å². The molecule has 0 amide bonds. The SMILES string of the molecule is CC[C@@](C)(/C(C)=N\O)c1ccccc1. The summed E-state index contributed by atoms with van der Waals surface area (Å²) < 4.78 is 0. The Bertz CT molecular complexity index is 318. The Labute approximate surface area is 85.3 Å². The molecule has 0 bridgehead atoms. The molecule has 0 heterocycles. The largest absolute Gasteiger partial charge is 0.411 e. The Morgan fingerprint density at radius 1 is 1.36 bits per heavy atom. The zero-order valence-corrected chi connectivity index (χ0v) is 8.99. The van der Waals surface area contributed by atoms with Gasteiger partial charge in [0.05, 0.1) is 5.71 Å². The van der Waals surface area contributed by atoms with Gasteiger partial charge < -0.3 is 5.21 Å². The Hall–Kier alpha value is -1.31. The van der Waals surface area contributed by atoms with E-state index in [9.17, 15) is 0 Å². The molecule has 1 aromatic carbocycles. The number of nitrogens with zero attached hydrogens (tertiary/aromatic N) is 1. The second-order valence-electron chi connectivity index (χ2n) is 3.74. The van der Waals surface area contributed by atoms with Crippen LogP contribution in [0, 0.1) is 0 Å². The lowest BCUT2D eigenvalue weighted by atomic mass is 9.76. The third-order valence-corrected chi connectivity index (χ3v) is 3.07. The summed E-state index contributed by atoms with van der Waals surface area (Å²) in [5.74, 6) is 0. The predicted octanol–water partition coefficient (Wildman–Crippen LogP) is 3.20. The first-order valence-corrected chi connectivity index (χ1v) is 4.89. The molecule has 2 heteroatoms. The van der Waals surface area contributed by atoms with E-state index < -0.39 is 0 Å². The van der Waals surface area contributed by atoms with Crippen molar-refractivity contribution in [2.24, 2.45) is 5.16 Å². The minimum Gasteiger partial charge on any atom is -0.411 e. The molecule has 0 saturated heterocycles. The zero-order chi connectivity index (χ0) is 10.6. The van der Waals surface area contributed by atoms with E-state index in [1.165, 1.54) is 5.56 Å². The van der Waals surface area contributed by atoms with Gasteiger partial charge in [0.25, 0.3) is 0 Å². The first-order chi connectivity index (χ1) is 6.65. The third kappa shape index (κ3) is 1.79. The summed E-state index contributed by atoms with van der Waals surface area (Å²) in [7, 11) is 0. The Morgan fingerprint density at radius 2 is 1.93 bits per heavy atom. The Balaban J connectivity index is 3.15. The van der Waals surface area contributed by atoms with Gasteiger partial charge in [0.15, 0.2) is 0 Å². The van der Waals surface area contributed by atoms with Gasteiger partial charge in [-0.1, -0.05) is 49.3 Å². The normalized spacial score (nSPS) is 16.4. The molecule has 0 radical (unpaired) electrons. The van der Waals surface area contributed by atoms with Gasteiger partial charge in [0.1, 0.15) is 0 Å². The molecule has 0 unspecified atom stereocenters. The third-order valence-electron chi connectivity index (χ3n) is 3.07. The van der Waals surface area contributed by atoms with Crippen molar-refractivity contribution >= 4 is 5.71 Å². The lowest BCUT2D eigenvalue weighted by Gasteiger charge is -2.27. The summed E-state index contributed by atoms with van der Waals surface area (Å²) in [6.07, 6.45) is 0.924. The molecule has 0 fully saturated rings. The zero-order valence-electron chi connectivity index (χ0n) is 8.99. The van der Waals surface area contributed by atoms with Crippen LogP contribution in [0.15, 0.2) is 35.5 Å². The van der Waals surface area contributed by atoms with Crippen molar-refractivity contribution in [1.82, 2.24) is 0 Å². The van der Waals surface area contributed by atoms with Gasteiger partial charge in [-0.05, 0) is 18.9 Å². The molecule has 14 heavy (non-hydrogen) atoms. The maximum atomic E-state index is 8.85. The van der Waals surface area contributed by atoms with E-state index >= 15 is 0 Å². The van der Waals surface area contributed by atoms with Crippen molar-refractivity contribution in [1.29, 1.82) is 0 Å². The predicted molar refractivity (Wildman–Crippen MR) is 59.0 cm³/mol. The van der Waals surface area contributed by atoms with Gasteiger partial charge in [-0.2, -0.15) is 0 Å². The fourth-order valence-electron chi connectivity index (χ4n) is 1.59. The average molecular weight is 191 g/mol. The van der Waals surface area contributed by atoms with E-state index in [0.717, 1.165) is 12.1 Å². The molecular formula is C12H17NO. The maximum absolute atomic E-state index is 8.85. The molecule has 0 aromatic heterocycles. The van der Waals surface area contributed by atoms with Crippen molar-refractivity contribution in [3.8, 4) is 0 Å². The lowest BCUT2D eigenvalue weighted by molar-refractivity contribution is 0.312. The number of rotatable bonds is 3. The number of oxime groups is 1. The molecule has 76 valence electrons. The van der Waals surface area contributed by atoms with Crippen LogP contribution in [0.3, 0.4) is 0 Å². The monoisotopic (exact) mass is 191 g/mol. The Kier molecular flexibility index (Phi) is 3.28. The van der Waals surface area contributed by atoms with Crippen LogP contribution >= 0.6 is 0 Å². The molecule has 1 rings (SSSR count). The molecule has 1 aromatic rings. The fraction of sp³-hybridized carbons (Fsp3) is 0.417. The molecule has 0 spiro atoms. The summed E-state index contributed by atoms with van der Waals surface area (Å²) in [4.78, 5) is 0. The molecule has 0 aliphatic heterocycles. The minimum absolute atomic E-state index is 0.157.